The minimum Gasteiger partial charge on any atom is -0.415 e. The lowest BCUT2D eigenvalue weighted by molar-refractivity contribution is 0.111. The van der Waals surface area contributed by atoms with E-state index in [-0.39, 0.29) is 17.2 Å². The lowest BCUT2D eigenvalue weighted by Crippen LogP contribution is -2.28. The van der Waals surface area contributed by atoms with Crippen molar-refractivity contribution < 1.29 is 9.53 Å². The Bertz CT molecular complexity index is 621. The molecule has 2 nitrogen and oxygen atoms in total. The van der Waals surface area contributed by atoms with E-state index in [0.717, 1.165) is 16.3 Å². The average molecular weight is 302 g/mol. The summed E-state index contributed by atoms with van der Waals surface area (Å²) in [5, 5.41) is 12.2. The molecule has 0 amide bonds. The number of aliphatic hydroxyl groups is 1. The first kappa shape index (κ1) is 16.2. The van der Waals surface area contributed by atoms with E-state index in [0.29, 0.717) is 0 Å². The Labute approximate surface area is 130 Å². The molecular formula is C18H26O2Si. The molecule has 0 heterocycles. The summed E-state index contributed by atoms with van der Waals surface area (Å²) in [7, 11) is -0.646. The average Bonchev–Trinajstić information content (AvgIpc) is 2.43. The number of aliphatic hydroxyl groups excluding tert-OH is 1. The second kappa shape index (κ2) is 5.91. The first-order valence-electron chi connectivity index (χ1n) is 7.50. The van der Waals surface area contributed by atoms with Crippen molar-refractivity contribution in [3.8, 4) is 0 Å². The van der Waals surface area contributed by atoms with Crippen LogP contribution in [0.15, 0.2) is 36.4 Å². The van der Waals surface area contributed by atoms with Crippen molar-refractivity contribution >= 4 is 20.5 Å². The Morgan fingerprint density at radius 1 is 1.00 bits per heavy atom. The van der Waals surface area contributed by atoms with Crippen LogP contribution in [0.3, 0.4) is 0 Å². The highest BCUT2D eigenvalue weighted by Crippen LogP contribution is 2.35. The molecule has 0 aliphatic carbocycles. The van der Waals surface area contributed by atoms with Gasteiger partial charge in [-0.05, 0) is 40.8 Å². The zero-order valence-corrected chi connectivity index (χ0v) is 15.1. The fraction of sp³-hybridized carbons (Fsp3) is 0.444. The number of hydrogen-bond donors (Lipinski definition) is 1. The van der Waals surface area contributed by atoms with Crippen LogP contribution in [0.25, 0.3) is 10.8 Å². The quantitative estimate of drug-likeness (QED) is 0.868. The number of benzene rings is 2. The van der Waals surface area contributed by atoms with Crippen molar-refractivity contribution in [1.29, 1.82) is 0 Å². The van der Waals surface area contributed by atoms with E-state index < -0.39 is 9.76 Å². The van der Waals surface area contributed by atoms with E-state index in [1.165, 1.54) is 5.56 Å². The molecule has 0 bridgehead atoms. The van der Waals surface area contributed by atoms with Crippen LogP contribution in [0.1, 0.15) is 45.7 Å². The van der Waals surface area contributed by atoms with Crippen molar-refractivity contribution in [2.75, 3.05) is 0 Å². The van der Waals surface area contributed by atoms with Gasteiger partial charge >= 0.3 is 0 Å². The number of fused-ring (bicyclic) bond motifs is 1. The summed E-state index contributed by atoms with van der Waals surface area (Å²) in [6.07, 6.45) is 0. The Hall–Kier alpha value is -1.16. The van der Waals surface area contributed by atoms with E-state index in [9.17, 15) is 5.11 Å². The SMILES string of the molecule is CC(C)(C)[SiH2]OC(C)(C)c1cccc2cccc(CO)c12. The van der Waals surface area contributed by atoms with Crippen molar-refractivity contribution in [2.24, 2.45) is 0 Å². The van der Waals surface area contributed by atoms with Gasteiger partial charge in [0.2, 0.25) is 0 Å². The van der Waals surface area contributed by atoms with E-state index in [1.54, 1.807) is 0 Å². The van der Waals surface area contributed by atoms with Crippen LogP contribution in [0.2, 0.25) is 5.04 Å². The predicted octanol–water partition coefficient (Wildman–Crippen LogP) is 3.89. The molecule has 2 rings (SSSR count). The zero-order chi connectivity index (χ0) is 15.7. The third kappa shape index (κ3) is 3.73. The molecule has 0 unspecified atom stereocenters. The second-order valence-electron chi connectivity index (χ2n) is 7.34. The van der Waals surface area contributed by atoms with Crippen LogP contribution in [0.5, 0.6) is 0 Å². The van der Waals surface area contributed by atoms with Crippen LogP contribution in [0, 0.1) is 0 Å². The highest BCUT2D eigenvalue weighted by molar-refractivity contribution is 6.31. The molecule has 0 aromatic heterocycles. The van der Waals surface area contributed by atoms with Gasteiger partial charge in [-0.15, -0.1) is 0 Å². The molecule has 0 fully saturated rings. The molecule has 1 N–H and O–H groups in total. The smallest absolute Gasteiger partial charge is 0.168 e. The molecule has 2 aromatic carbocycles. The fourth-order valence-corrected chi connectivity index (χ4v) is 3.48. The molecular weight excluding hydrogens is 276 g/mol. The van der Waals surface area contributed by atoms with E-state index in [4.69, 9.17) is 4.43 Å². The monoisotopic (exact) mass is 302 g/mol. The maximum Gasteiger partial charge on any atom is 0.168 e. The van der Waals surface area contributed by atoms with Gasteiger partial charge in [0.25, 0.3) is 0 Å². The van der Waals surface area contributed by atoms with Gasteiger partial charge in [-0.1, -0.05) is 57.2 Å². The zero-order valence-electron chi connectivity index (χ0n) is 13.7. The van der Waals surface area contributed by atoms with Crippen LogP contribution in [-0.2, 0) is 16.6 Å². The summed E-state index contributed by atoms with van der Waals surface area (Å²) in [6, 6.07) is 12.4. The van der Waals surface area contributed by atoms with Gasteiger partial charge in [0, 0.05) is 0 Å². The summed E-state index contributed by atoms with van der Waals surface area (Å²) in [5.41, 5.74) is 1.81. The molecule has 0 radical (unpaired) electrons. The van der Waals surface area contributed by atoms with Crippen LogP contribution < -0.4 is 0 Å². The van der Waals surface area contributed by atoms with E-state index in [1.807, 2.05) is 12.1 Å². The largest absolute Gasteiger partial charge is 0.415 e. The minimum atomic E-state index is -0.646. The minimum absolute atomic E-state index is 0.0567. The maximum absolute atomic E-state index is 9.65. The van der Waals surface area contributed by atoms with Gasteiger partial charge < -0.3 is 9.53 Å². The highest BCUT2D eigenvalue weighted by atomic mass is 28.2. The number of hydrogen-bond acceptors (Lipinski definition) is 2. The molecule has 0 spiro atoms. The molecule has 0 saturated heterocycles. The first-order chi connectivity index (χ1) is 9.74. The Kier molecular flexibility index (Phi) is 4.56. The molecule has 3 heteroatoms. The maximum atomic E-state index is 9.65. The molecule has 21 heavy (non-hydrogen) atoms. The van der Waals surface area contributed by atoms with Crippen molar-refractivity contribution in [2.45, 2.75) is 51.9 Å². The molecule has 0 aliphatic heterocycles. The Morgan fingerprint density at radius 2 is 1.62 bits per heavy atom. The van der Waals surface area contributed by atoms with Gasteiger partial charge in [0.1, 0.15) is 0 Å². The first-order valence-corrected chi connectivity index (χ1v) is 8.79. The molecule has 2 aromatic rings. The van der Waals surface area contributed by atoms with Crippen LogP contribution >= 0.6 is 0 Å². The van der Waals surface area contributed by atoms with Crippen LogP contribution in [0.4, 0.5) is 0 Å². The summed E-state index contributed by atoms with van der Waals surface area (Å²) < 4.78 is 6.34. The third-order valence-corrected chi connectivity index (χ3v) is 5.41. The molecule has 114 valence electrons. The second-order valence-corrected chi connectivity index (χ2v) is 10.0. The van der Waals surface area contributed by atoms with Gasteiger partial charge in [0.15, 0.2) is 9.76 Å². The summed E-state index contributed by atoms with van der Waals surface area (Å²) in [4.78, 5) is 0. The lowest BCUT2D eigenvalue weighted by Gasteiger charge is -2.32. The highest BCUT2D eigenvalue weighted by Gasteiger charge is 2.26. The summed E-state index contributed by atoms with van der Waals surface area (Å²) in [6.45, 7) is 11.0. The predicted molar refractivity (Wildman–Crippen MR) is 92.2 cm³/mol. The van der Waals surface area contributed by atoms with E-state index in [2.05, 4.69) is 58.9 Å². The van der Waals surface area contributed by atoms with Gasteiger partial charge in [-0.3, -0.25) is 0 Å². The number of rotatable bonds is 4. The third-order valence-electron chi connectivity index (χ3n) is 3.68. The van der Waals surface area contributed by atoms with E-state index >= 15 is 0 Å². The summed E-state index contributed by atoms with van der Waals surface area (Å²) in [5.74, 6) is 0. The summed E-state index contributed by atoms with van der Waals surface area (Å²) >= 11 is 0. The fourth-order valence-electron chi connectivity index (χ4n) is 2.53. The van der Waals surface area contributed by atoms with Crippen molar-refractivity contribution in [1.82, 2.24) is 0 Å². The Balaban J connectivity index is 2.50. The standard InChI is InChI=1S/C18H26O2Si/c1-17(2,3)21-20-18(4,5)15-11-7-9-13-8-6-10-14(12-19)16(13)15/h6-11,19H,12,21H2,1-5H3. The Morgan fingerprint density at radius 3 is 2.19 bits per heavy atom. The topological polar surface area (TPSA) is 29.5 Å². The van der Waals surface area contributed by atoms with Crippen molar-refractivity contribution in [3.05, 3.63) is 47.5 Å². The van der Waals surface area contributed by atoms with Gasteiger partial charge in [-0.25, -0.2) is 0 Å². The van der Waals surface area contributed by atoms with Gasteiger partial charge in [-0.2, -0.15) is 0 Å². The lowest BCUT2D eigenvalue weighted by atomic mass is 9.90. The molecule has 0 atom stereocenters. The van der Waals surface area contributed by atoms with Crippen LogP contribution in [-0.4, -0.2) is 14.9 Å². The van der Waals surface area contributed by atoms with Crippen molar-refractivity contribution in [3.63, 3.8) is 0 Å². The molecule has 0 aliphatic rings. The molecule has 0 saturated carbocycles. The normalized spacial score (nSPS) is 13.4. The van der Waals surface area contributed by atoms with Gasteiger partial charge in [0.05, 0.1) is 12.2 Å².